The van der Waals surface area contributed by atoms with Crippen LogP contribution < -0.4 is 0 Å². The van der Waals surface area contributed by atoms with Crippen molar-refractivity contribution in [1.29, 1.82) is 0 Å². The Morgan fingerprint density at radius 2 is 1.69 bits per heavy atom. The quantitative estimate of drug-likeness (QED) is 0.676. The van der Waals surface area contributed by atoms with Gasteiger partial charge >= 0.3 is 0 Å². The summed E-state index contributed by atoms with van der Waals surface area (Å²) in [6, 6.07) is 0. The number of aromatic nitrogens is 2. The fourth-order valence-electron chi connectivity index (χ4n) is 1.88. The van der Waals surface area contributed by atoms with Gasteiger partial charge < -0.3 is 0 Å². The second-order valence-electron chi connectivity index (χ2n) is 5.21. The van der Waals surface area contributed by atoms with Gasteiger partial charge in [0.05, 0.1) is 0 Å². The van der Waals surface area contributed by atoms with Crippen LogP contribution in [-0.2, 0) is 5.41 Å². The molecule has 1 heterocycles. The second kappa shape index (κ2) is 5.97. The Kier molecular flexibility index (Phi) is 4.91. The molecule has 0 atom stereocenters. The van der Waals surface area contributed by atoms with Gasteiger partial charge in [0.2, 0.25) is 0 Å². The molecular weight excluding hydrogens is 196 g/mol. The van der Waals surface area contributed by atoms with Gasteiger partial charge in [-0.1, -0.05) is 46.5 Å². The number of unbranched alkanes of at least 4 members (excludes halogenated alkanes) is 3. The molecule has 0 bridgehead atoms. The van der Waals surface area contributed by atoms with Gasteiger partial charge in [-0.05, 0) is 24.3 Å². The molecule has 0 saturated heterocycles. The van der Waals surface area contributed by atoms with Crippen LogP contribution in [0.1, 0.15) is 64.3 Å². The molecule has 0 aromatic carbocycles. The lowest BCUT2D eigenvalue weighted by atomic mass is 9.81. The monoisotopic (exact) mass is 220 g/mol. The van der Waals surface area contributed by atoms with E-state index >= 15 is 0 Å². The first kappa shape index (κ1) is 13.1. The van der Waals surface area contributed by atoms with Crippen LogP contribution in [0.15, 0.2) is 12.4 Å². The Morgan fingerprint density at radius 1 is 1.06 bits per heavy atom. The molecular formula is C14H24N2. The molecule has 0 aliphatic carbocycles. The maximum Gasteiger partial charge on any atom is 0.125 e. The molecule has 0 N–H and O–H groups in total. The van der Waals surface area contributed by atoms with Crippen molar-refractivity contribution in [1.82, 2.24) is 9.97 Å². The lowest BCUT2D eigenvalue weighted by Gasteiger charge is -2.24. The molecule has 2 heteroatoms. The van der Waals surface area contributed by atoms with Crippen LogP contribution in [-0.4, -0.2) is 9.97 Å². The SMILES string of the molecule is CCCCCCC(C)(C)c1cnc(C)nc1. The lowest BCUT2D eigenvalue weighted by molar-refractivity contribution is 0.443. The first-order valence-electron chi connectivity index (χ1n) is 6.35. The van der Waals surface area contributed by atoms with Crippen molar-refractivity contribution in [2.75, 3.05) is 0 Å². The van der Waals surface area contributed by atoms with E-state index in [0.717, 1.165) is 5.82 Å². The van der Waals surface area contributed by atoms with Gasteiger partial charge in [0.1, 0.15) is 5.82 Å². The fourth-order valence-corrected chi connectivity index (χ4v) is 1.88. The normalized spacial score (nSPS) is 11.8. The van der Waals surface area contributed by atoms with Crippen LogP contribution in [0.5, 0.6) is 0 Å². The van der Waals surface area contributed by atoms with Crippen molar-refractivity contribution >= 4 is 0 Å². The first-order valence-corrected chi connectivity index (χ1v) is 6.35. The zero-order valence-corrected chi connectivity index (χ0v) is 11.1. The van der Waals surface area contributed by atoms with Gasteiger partial charge in [-0.25, -0.2) is 9.97 Å². The Hall–Kier alpha value is -0.920. The number of hydrogen-bond acceptors (Lipinski definition) is 2. The van der Waals surface area contributed by atoms with Crippen molar-refractivity contribution in [3.63, 3.8) is 0 Å². The molecule has 0 saturated carbocycles. The molecule has 0 spiro atoms. The van der Waals surface area contributed by atoms with Crippen LogP contribution in [0.3, 0.4) is 0 Å². The zero-order chi connectivity index (χ0) is 12.0. The molecule has 0 amide bonds. The number of hydrogen-bond donors (Lipinski definition) is 0. The molecule has 16 heavy (non-hydrogen) atoms. The molecule has 1 rings (SSSR count). The predicted octanol–water partition coefficient (Wildman–Crippen LogP) is 4.03. The lowest BCUT2D eigenvalue weighted by Crippen LogP contribution is -2.17. The molecule has 0 radical (unpaired) electrons. The summed E-state index contributed by atoms with van der Waals surface area (Å²) < 4.78 is 0. The van der Waals surface area contributed by atoms with Crippen molar-refractivity contribution < 1.29 is 0 Å². The van der Waals surface area contributed by atoms with Gasteiger partial charge in [-0.15, -0.1) is 0 Å². The maximum absolute atomic E-state index is 4.28. The van der Waals surface area contributed by atoms with Gasteiger partial charge in [0.15, 0.2) is 0 Å². The maximum atomic E-state index is 4.28. The highest BCUT2D eigenvalue weighted by atomic mass is 14.8. The van der Waals surface area contributed by atoms with Crippen molar-refractivity contribution in [2.45, 2.75) is 65.2 Å². The van der Waals surface area contributed by atoms with Gasteiger partial charge in [0.25, 0.3) is 0 Å². The van der Waals surface area contributed by atoms with E-state index < -0.39 is 0 Å². The standard InChI is InChI=1S/C14H24N2/c1-5-6-7-8-9-14(3,4)13-10-15-12(2)16-11-13/h10-11H,5-9H2,1-4H3. The van der Waals surface area contributed by atoms with E-state index in [4.69, 9.17) is 0 Å². The van der Waals surface area contributed by atoms with Crippen LogP contribution in [0.2, 0.25) is 0 Å². The number of rotatable bonds is 6. The van der Waals surface area contributed by atoms with E-state index in [1.54, 1.807) is 0 Å². The summed E-state index contributed by atoms with van der Waals surface area (Å²) in [4.78, 5) is 8.56. The Balaban J connectivity index is 2.52. The fraction of sp³-hybridized carbons (Fsp3) is 0.714. The minimum absolute atomic E-state index is 0.210. The topological polar surface area (TPSA) is 25.8 Å². The summed E-state index contributed by atoms with van der Waals surface area (Å²) in [6.45, 7) is 8.75. The van der Waals surface area contributed by atoms with Crippen LogP contribution >= 0.6 is 0 Å². The van der Waals surface area contributed by atoms with E-state index in [1.165, 1.54) is 37.7 Å². The van der Waals surface area contributed by atoms with Gasteiger partial charge in [-0.3, -0.25) is 0 Å². The molecule has 0 fully saturated rings. The Morgan fingerprint density at radius 3 is 2.25 bits per heavy atom. The van der Waals surface area contributed by atoms with E-state index in [0.29, 0.717) is 0 Å². The molecule has 0 unspecified atom stereocenters. The van der Waals surface area contributed by atoms with Crippen molar-refractivity contribution in [3.8, 4) is 0 Å². The van der Waals surface area contributed by atoms with E-state index in [-0.39, 0.29) is 5.41 Å². The number of aryl methyl sites for hydroxylation is 1. The summed E-state index contributed by atoms with van der Waals surface area (Å²) >= 11 is 0. The van der Waals surface area contributed by atoms with E-state index in [1.807, 2.05) is 19.3 Å². The summed E-state index contributed by atoms with van der Waals surface area (Å²) in [5.74, 6) is 0.852. The Bertz CT molecular complexity index is 301. The Labute approximate surface area is 99.5 Å². The molecule has 0 aliphatic heterocycles. The van der Waals surface area contributed by atoms with Gasteiger partial charge in [-0.2, -0.15) is 0 Å². The predicted molar refractivity (Wildman–Crippen MR) is 68.6 cm³/mol. The summed E-state index contributed by atoms with van der Waals surface area (Å²) in [7, 11) is 0. The average Bonchev–Trinajstić information content (AvgIpc) is 2.25. The summed E-state index contributed by atoms with van der Waals surface area (Å²) in [5, 5.41) is 0. The third kappa shape index (κ3) is 3.92. The summed E-state index contributed by atoms with van der Waals surface area (Å²) in [5.41, 5.74) is 1.47. The van der Waals surface area contributed by atoms with Crippen LogP contribution in [0, 0.1) is 6.92 Å². The summed E-state index contributed by atoms with van der Waals surface area (Å²) in [6.07, 6.45) is 10.5. The highest BCUT2D eigenvalue weighted by Gasteiger charge is 2.20. The molecule has 1 aromatic heterocycles. The molecule has 90 valence electrons. The van der Waals surface area contributed by atoms with E-state index in [2.05, 4.69) is 30.7 Å². The second-order valence-corrected chi connectivity index (χ2v) is 5.21. The van der Waals surface area contributed by atoms with Crippen LogP contribution in [0.25, 0.3) is 0 Å². The smallest absolute Gasteiger partial charge is 0.125 e. The minimum Gasteiger partial charge on any atom is -0.241 e. The number of nitrogens with zero attached hydrogens (tertiary/aromatic N) is 2. The highest BCUT2D eigenvalue weighted by molar-refractivity contribution is 5.16. The first-order chi connectivity index (χ1) is 7.56. The molecule has 2 nitrogen and oxygen atoms in total. The molecule has 1 aromatic rings. The largest absolute Gasteiger partial charge is 0.241 e. The van der Waals surface area contributed by atoms with Gasteiger partial charge in [0, 0.05) is 12.4 Å². The zero-order valence-electron chi connectivity index (χ0n) is 11.1. The highest BCUT2D eigenvalue weighted by Crippen LogP contribution is 2.28. The third-order valence-electron chi connectivity index (χ3n) is 3.22. The van der Waals surface area contributed by atoms with Crippen LogP contribution in [0.4, 0.5) is 0 Å². The molecule has 0 aliphatic rings. The van der Waals surface area contributed by atoms with Crippen molar-refractivity contribution in [2.24, 2.45) is 0 Å². The average molecular weight is 220 g/mol. The minimum atomic E-state index is 0.210. The van der Waals surface area contributed by atoms with E-state index in [9.17, 15) is 0 Å². The van der Waals surface area contributed by atoms with Crippen molar-refractivity contribution in [3.05, 3.63) is 23.8 Å². The third-order valence-corrected chi connectivity index (χ3v) is 3.22.